The largest absolute Gasteiger partial charge is 0.365 e. The Kier molecular flexibility index (Phi) is 5.06. The van der Waals surface area contributed by atoms with Crippen LogP contribution in [0.3, 0.4) is 0 Å². The minimum absolute atomic E-state index is 0.395. The second kappa shape index (κ2) is 8.03. The van der Waals surface area contributed by atoms with Crippen LogP contribution in [0, 0.1) is 13.8 Å². The second-order valence-electron chi connectivity index (χ2n) is 8.58. The van der Waals surface area contributed by atoms with Crippen LogP contribution in [-0.2, 0) is 0 Å². The average Bonchev–Trinajstić information content (AvgIpc) is 2.79. The van der Waals surface area contributed by atoms with Gasteiger partial charge in [0.1, 0.15) is 5.82 Å². The Morgan fingerprint density at radius 1 is 0.806 bits per heavy atom. The number of benzene rings is 3. The Hall–Kier alpha value is -3.40. The van der Waals surface area contributed by atoms with Crippen molar-refractivity contribution in [3.8, 4) is 11.4 Å². The highest BCUT2D eigenvalue weighted by molar-refractivity contribution is 5.91. The van der Waals surface area contributed by atoms with Gasteiger partial charge in [0, 0.05) is 42.3 Å². The van der Waals surface area contributed by atoms with Crippen LogP contribution in [0.5, 0.6) is 0 Å². The number of rotatable bonds is 3. The molecular weight excluding hydrogens is 380 g/mol. The molecule has 0 N–H and O–H groups in total. The lowest BCUT2D eigenvalue weighted by Gasteiger charge is -2.42. The van der Waals surface area contributed by atoms with Crippen LogP contribution < -0.4 is 9.80 Å². The van der Waals surface area contributed by atoms with Gasteiger partial charge < -0.3 is 9.80 Å². The van der Waals surface area contributed by atoms with Crippen LogP contribution in [0.2, 0.25) is 0 Å². The second-order valence-corrected chi connectivity index (χ2v) is 8.58. The third-order valence-electron chi connectivity index (χ3n) is 6.15. The molecule has 0 amide bonds. The van der Waals surface area contributed by atoms with Crippen molar-refractivity contribution in [3.63, 3.8) is 0 Å². The maximum absolute atomic E-state index is 5.07. The molecule has 156 valence electrons. The van der Waals surface area contributed by atoms with Gasteiger partial charge in [0.15, 0.2) is 5.82 Å². The predicted molar refractivity (Wildman–Crippen MR) is 130 cm³/mol. The Balaban J connectivity index is 1.50. The third kappa shape index (κ3) is 3.86. The molecule has 31 heavy (non-hydrogen) atoms. The molecule has 4 heteroatoms. The number of aromatic nitrogens is 2. The number of aryl methyl sites for hydroxylation is 2. The number of nitrogens with zero attached hydrogens (tertiary/aromatic N) is 4. The quantitative estimate of drug-likeness (QED) is 0.440. The van der Waals surface area contributed by atoms with Crippen molar-refractivity contribution in [3.05, 3.63) is 83.9 Å². The van der Waals surface area contributed by atoms with Crippen LogP contribution in [0.25, 0.3) is 22.3 Å². The van der Waals surface area contributed by atoms with Crippen molar-refractivity contribution in [1.29, 1.82) is 0 Å². The number of anilines is 2. The van der Waals surface area contributed by atoms with Gasteiger partial charge in [-0.15, -0.1) is 0 Å². The molecule has 1 fully saturated rings. The minimum atomic E-state index is 0.395. The van der Waals surface area contributed by atoms with Gasteiger partial charge in [-0.2, -0.15) is 0 Å². The molecule has 0 aliphatic carbocycles. The maximum Gasteiger partial charge on any atom is 0.162 e. The Bertz CT molecular complexity index is 1220. The summed E-state index contributed by atoms with van der Waals surface area (Å²) in [6, 6.07) is 26.0. The summed E-state index contributed by atoms with van der Waals surface area (Å²) < 4.78 is 0. The van der Waals surface area contributed by atoms with Crippen molar-refractivity contribution < 1.29 is 0 Å². The number of fused-ring (bicyclic) bond motifs is 1. The fourth-order valence-electron chi connectivity index (χ4n) is 4.47. The molecule has 1 aliphatic heterocycles. The molecule has 2 heterocycles. The van der Waals surface area contributed by atoms with E-state index in [4.69, 9.17) is 9.97 Å². The summed E-state index contributed by atoms with van der Waals surface area (Å²) in [6.45, 7) is 9.41. The average molecular weight is 409 g/mol. The van der Waals surface area contributed by atoms with E-state index >= 15 is 0 Å². The van der Waals surface area contributed by atoms with Crippen LogP contribution in [0.1, 0.15) is 18.1 Å². The van der Waals surface area contributed by atoms with E-state index in [1.54, 1.807) is 0 Å². The lowest BCUT2D eigenvalue weighted by atomic mass is 10.1. The molecule has 0 saturated carbocycles. The zero-order valence-electron chi connectivity index (χ0n) is 18.4. The summed E-state index contributed by atoms with van der Waals surface area (Å²) >= 11 is 0. The first-order valence-electron chi connectivity index (χ1n) is 11.0. The number of hydrogen-bond donors (Lipinski definition) is 0. The predicted octanol–water partition coefficient (Wildman–Crippen LogP) is 5.63. The highest BCUT2D eigenvalue weighted by Crippen LogP contribution is 2.30. The van der Waals surface area contributed by atoms with E-state index in [0.717, 1.165) is 47.7 Å². The lowest BCUT2D eigenvalue weighted by Crippen LogP contribution is -2.52. The molecule has 3 aromatic carbocycles. The van der Waals surface area contributed by atoms with Gasteiger partial charge in [-0.05, 0) is 50.6 Å². The summed E-state index contributed by atoms with van der Waals surface area (Å²) in [5.41, 5.74) is 5.91. The first kappa shape index (κ1) is 19.6. The molecule has 1 saturated heterocycles. The molecule has 4 aromatic rings. The Morgan fingerprint density at radius 2 is 1.61 bits per heavy atom. The van der Waals surface area contributed by atoms with Crippen LogP contribution in [-0.4, -0.2) is 35.6 Å². The monoisotopic (exact) mass is 408 g/mol. The Labute approximate surface area is 184 Å². The minimum Gasteiger partial charge on any atom is -0.365 e. The molecule has 1 atom stereocenters. The van der Waals surface area contributed by atoms with Crippen molar-refractivity contribution in [2.75, 3.05) is 29.4 Å². The van der Waals surface area contributed by atoms with Crippen LogP contribution in [0.15, 0.2) is 72.8 Å². The van der Waals surface area contributed by atoms with Gasteiger partial charge in [0.2, 0.25) is 0 Å². The fraction of sp³-hybridized carbons (Fsp3) is 0.259. The molecule has 1 aliphatic rings. The summed E-state index contributed by atoms with van der Waals surface area (Å²) in [6.07, 6.45) is 0. The van der Waals surface area contributed by atoms with E-state index in [-0.39, 0.29) is 0 Å². The molecule has 1 aromatic heterocycles. The van der Waals surface area contributed by atoms with Crippen molar-refractivity contribution in [1.82, 2.24) is 9.97 Å². The van der Waals surface area contributed by atoms with Crippen molar-refractivity contribution in [2.24, 2.45) is 0 Å². The van der Waals surface area contributed by atoms with Gasteiger partial charge in [-0.3, -0.25) is 0 Å². The first-order chi connectivity index (χ1) is 15.1. The van der Waals surface area contributed by atoms with E-state index < -0.39 is 0 Å². The van der Waals surface area contributed by atoms with Gasteiger partial charge in [0.05, 0.1) is 5.52 Å². The van der Waals surface area contributed by atoms with Crippen molar-refractivity contribution in [2.45, 2.75) is 26.8 Å². The lowest BCUT2D eigenvalue weighted by molar-refractivity contribution is 0.548. The molecule has 4 nitrogen and oxygen atoms in total. The van der Waals surface area contributed by atoms with E-state index in [1.807, 2.05) is 0 Å². The number of para-hydroxylation sites is 1. The molecule has 5 rings (SSSR count). The van der Waals surface area contributed by atoms with Crippen molar-refractivity contribution >= 4 is 22.4 Å². The standard InChI is InChI=1S/C27H28N4/c1-19-11-13-22(14-12-19)26-28-25-10-5-4-9-24(25)27(29-26)30-15-16-31(21(3)18-30)23-8-6-7-20(2)17-23/h4-14,17,21H,15-16,18H2,1-3H3/t21-/m0/s1. The molecular formula is C27H28N4. The SMILES string of the molecule is Cc1ccc(-c2nc(N3CCN(c4cccc(C)c4)[C@@H](C)C3)c3ccccc3n2)cc1. The molecule has 0 unspecified atom stereocenters. The van der Waals surface area contributed by atoms with E-state index in [1.165, 1.54) is 16.8 Å². The third-order valence-corrected chi connectivity index (χ3v) is 6.15. The normalized spacial score (nSPS) is 16.7. The molecule has 0 radical (unpaired) electrons. The van der Waals surface area contributed by atoms with Crippen LogP contribution in [0.4, 0.5) is 11.5 Å². The number of hydrogen-bond acceptors (Lipinski definition) is 4. The smallest absolute Gasteiger partial charge is 0.162 e. The highest BCUT2D eigenvalue weighted by Gasteiger charge is 2.26. The number of piperazine rings is 1. The summed E-state index contributed by atoms with van der Waals surface area (Å²) in [7, 11) is 0. The summed E-state index contributed by atoms with van der Waals surface area (Å²) in [4.78, 5) is 14.9. The zero-order chi connectivity index (χ0) is 21.4. The van der Waals surface area contributed by atoms with Gasteiger partial charge in [-0.1, -0.05) is 54.1 Å². The van der Waals surface area contributed by atoms with Gasteiger partial charge >= 0.3 is 0 Å². The Morgan fingerprint density at radius 3 is 2.39 bits per heavy atom. The van der Waals surface area contributed by atoms with E-state index in [9.17, 15) is 0 Å². The van der Waals surface area contributed by atoms with Gasteiger partial charge in [-0.25, -0.2) is 9.97 Å². The first-order valence-corrected chi connectivity index (χ1v) is 11.0. The zero-order valence-corrected chi connectivity index (χ0v) is 18.4. The summed E-state index contributed by atoms with van der Waals surface area (Å²) in [5, 5.41) is 1.12. The highest BCUT2D eigenvalue weighted by atomic mass is 15.3. The van der Waals surface area contributed by atoms with Gasteiger partial charge in [0.25, 0.3) is 0 Å². The van der Waals surface area contributed by atoms with Crippen LogP contribution >= 0.6 is 0 Å². The molecule has 0 spiro atoms. The van der Waals surface area contributed by atoms with E-state index in [2.05, 4.69) is 103 Å². The fourth-order valence-corrected chi connectivity index (χ4v) is 4.47. The maximum atomic E-state index is 5.07. The van der Waals surface area contributed by atoms with E-state index in [0.29, 0.717) is 6.04 Å². The molecule has 0 bridgehead atoms. The summed E-state index contributed by atoms with van der Waals surface area (Å²) in [5.74, 6) is 1.83. The topological polar surface area (TPSA) is 32.3 Å².